The van der Waals surface area contributed by atoms with Crippen molar-refractivity contribution in [1.29, 1.82) is 0 Å². The molecule has 0 fully saturated rings. The van der Waals surface area contributed by atoms with Crippen molar-refractivity contribution in [2.75, 3.05) is 5.32 Å². The number of carbonyl (C=O) groups excluding carboxylic acids is 1. The average molecular weight is 518 g/mol. The molecule has 3 heterocycles. The van der Waals surface area contributed by atoms with Gasteiger partial charge in [0.15, 0.2) is 0 Å². The number of amides is 2. The van der Waals surface area contributed by atoms with E-state index in [9.17, 15) is 22.4 Å². The number of carbonyl (C=O) groups is 1. The molecule has 2 aromatic carbocycles. The Balaban J connectivity index is 1.41. The minimum absolute atomic E-state index is 0.00905. The van der Waals surface area contributed by atoms with Crippen LogP contribution in [0, 0.1) is 5.82 Å². The van der Waals surface area contributed by atoms with Crippen molar-refractivity contribution in [3.05, 3.63) is 81.6 Å². The average Bonchev–Trinajstić information content (AvgIpc) is 3.42. The maximum atomic E-state index is 14.9. The number of sulfonamides is 1. The zero-order chi connectivity index (χ0) is 24.0. The molecule has 3 N–H and O–H groups in total. The molecule has 34 heavy (non-hydrogen) atoms. The summed E-state index contributed by atoms with van der Waals surface area (Å²) < 4.78 is 42.4. The lowest BCUT2D eigenvalue weighted by atomic mass is 10.1. The first-order chi connectivity index (χ1) is 16.2. The Bertz CT molecular complexity index is 1760. The van der Waals surface area contributed by atoms with Gasteiger partial charge in [0.1, 0.15) is 10.0 Å². The number of halogens is 2. The van der Waals surface area contributed by atoms with E-state index in [0.29, 0.717) is 16.3 Å². The van der Waals surface area contributed by atoms with Crippen LogP contribution in [-0.4, -0.2) is 29.0 Å². The third-order valence-electron chi connectivity index (χ3n) is 4.95. The molecule has 172 valence electrons. The van der Waals surface area contributed by atoms with E-state index in [4.69, 9.17) is 11.6 Å². The molecule has 0 radical (unpaired) electrons. The molecule has 2 amide bonds. The molecule has 0 bridgehead atoms. The van der Waals surface area contributed by atoms with Gasteiger partial charge >= 0.3 is 6.03 Å². The lowest BCUT2D eigenvalue weighted by Gasteiger charge is -2.11. The highest BCUT2D eigenvalue weighted by molar-refractivity contribution is 7.92. The number of benzene rings is 2. The number of rotatable bonds is 4. The number of hydrogen-bond donors (Lipinski definition) is 3. The Morgan fingerprint density at radius 1 is 1.15 bits per heavy atom. The van der Waals surface area contributed by atoms with Crippen LogP contribution >= 0.6 is 22.9 Å². The fourth-order valence-electron chi connectivity index (χ4n) is 3.41. The molecule has 5 rings (SSSR count). The summed E-state index contributed by atoms with van der Waals surface area (Å²) in [4.78, 5) is 32.3. The van der Waals surface area contributed by atoms with Gasteiger partial charge in [-0.05, 0) is 53.9 Å². The standard InChI is InChI=1S/C21H13ClFN5O4S2/c22-18-3-4-19(33-18)34(31,32)27-21(30)26-12-1-2-17(14(23)8-12)28-6-5-11-7-15-16(25-10-24-15)9-13(11)20(28)29/h1-10H,(H,24,25)(H2,26,27,30). The summed E-state index contributed by atoms with van der Waals surface area (Å²) in [7, 11) is -4.13. The number of urea groups is 1. The maximum absolute atomic E-state index is 14.9. The largest absolute Gasteiger partial charge is 0.345 e. The van der Waals surface area contributed by atoms with Crippen LogP contribution in [0.1, 0.15) is 0 Å². The van der Waals surface area contributed by atoms with Crippen molar-refractivity contribution in [3.8, 4) is 5.69 Å². The second-order valence-electron chi connectivity index (χ2n) is 7.13. The number of thiophene rings is 1. The number of fused-ring (bicyclic) bond motifs is 2. The van der Waals surface area contributed by atoms with Crippen molar-refractivity contribution >= 4 is 66.5 Å². The van der Waals surface area contributed by atoms with Crippen LogP contribution in [0.3, 0.4) is 0 Å². The molecule has 0 atom stereocenters. The Hall–Kier alpha value is -3.74. The molecule has 0 saturated heterocycles. The molecular weight excluding hydrogens is 505 g/mol. The van der Waals surface area contributed by atoms with Crippen LogP contribution in [0.5, 0.6) is 0 Å². The quantitative estimate of drug-likeness (QED) is 0.329. The van der Waals surface area contributed by atoms with E-state index in [1.54, 1.807) is 18.2 Å². The summed E-state index contributed by atoms with van der Waals surface area (Å²) in [6, 6.07) is 10.3. The van der Waals surface area contributed by atoms with Crippen LogP contribution < -0.4 is 15.6 Å². The smallest absolute Gasteiger partial charge is 0.333 e. The molecule has 13 heteroatoms. The third kappa shape index (κ3) is 4.02. The minimum Gasteiger partial charge on any atom is -0.345 e. The number of pyridine rings is 1. The molecule has 0 unspecified atom stereocenters. The van der Waals surface area contributed by atoms with E-state index in [1.165, 1.54) is 36.8 Å². The lowest BCUT2D eigenvalue weighted by Crippen LogP contribution is -2.34. The second kappa shape index (κ2) is 8.24. The third-order valence-corrected chi connectivity index (χ3v) is 8.00. The van der Waals surface area contributed by atoms with Crippen molar-refractivity contribution in [3.63, 3.8) is 0 Å². The zero-order valence-corrected chi connectivity index (χ0v) is 19.3. The number of imidazole rings is 1. The van der Waals surface area contributed by atoms with Crippen LogP contribution in [0.4, 0.5) is 14.9 Å². The fraction of sp³-hybridized carbons (Fsp3) is 0. The van der Waals surface area contributed by atoms with Gasteiger partial charge in [0, 0.05) is 17.3 Å². The van der Waals surface area contributed by atoms with Crippen molar-refractivity contribution < 1.29 is 17.6 Å². The van der Waals surface area contributed by atoms with Gasteiger partial charge in [-0.25, -0.2) is 27.3 Å². The van der Waals surface area contributed by atoms with E-state index >= 15 is 0 Å². The lowest BCUT2D eigenvalue weighted by molar-refractivity contribution is 0.256. The van der Waals surface area contributed by atoms with Gasteiger partial charge in [0.2, 0.25) is 0 Å². The summed E-state index contributed by atoms with van der Waals surface area (Å²) in [6.45, 7) is 0. The molecule has 3 aromatic heterocycles. The molecule has 0 aliphatic rings. The van der Waals surface area contributed by atoms with Gasteiger partial charge in [-0.2, -0.15) is 0 Å². The molecule has 0 saturated carbocycles. The summed E-state index contributed by atoms with van der Waals surface area (Å²) >= 11 is 6.52. The first-order valence-electron chi connectivity index (χ1n) is 9.59. The first-order valence-corrected chi connectivity index (χ1v) is 12.3. The van der Waals surface area contributed by atoms with Crippen LogP contribution in [-0.2, 0) is 10.0 Å². The number of nitrogens with zero attached hydrogens (tertiary/aromatic N) is 2. The first kappa shape index (κ1) is 22.1. The topological polar surface area (TPSA) is 126 Å². The van der Waals surface area contributed by atoms with Crippen molar-refractivity contribution in [2.24, 2.45) is 0 Å². The molecule has 5 aromatic rings. The van der Waals surface area contributed by atoms with Gasteiger partial charge in [0.05, 0.1) is 27.4 Å². The highest BCUT2D eigenvalue weighted by Gasteiger charge is 2.20. The number of nitrogens with one attached hydrogen (secondary N) is 3. The number of aromatic nitrogens is 3. The Labute approximate surface area is 199 Å². The monoisotopic (exact) mass is 517 g/mol. The van der Waals surface area contributed by atoms with Gasteiger partial charge in [-0.3, -0.25) is 9.36 Å². The van der Waals surface area contributed by atoms with E-state index < -0.39 is 27.4 Å². The summed E-state index contributed by atoms with van der Waals surface area (Å²) in [5.41, 5.74) is 0.883. The van der Waals surface area contributed by atoms with Gasteiger partial charge < -0.3 is 10.3 Å². The molecular formula is C21H13ClFN5O4S2. The van der Waals surface area contributed by atoms with Crippen molar-refractivity contribution in [2.45, 2.75) is 4.21 Å². The highest BCUT2D eigenvalue weighted by atomic mass is 35.5. The number of hydrogen-bond acceptors (Lipinski definition) is 6. The van der Waals surface area contributed by atoms with Gasteiger partial charge in [-0.1, -0.05) is 11.6 Å². The predicted molar refractivity (Wildman–Crippen MR) is 128 cm³/mol. The SMILES string of the molecule is O=C(Nc1ccc(-n2ccc3cc4[nH]cnc4cc3c2=O)c(F)c1)NS(=O)(=O)c1ccc(Cl)s1. The predicted octanol–water partition coefficient (Wildman–Crippen LogP) is 4.23. The van der Waals surface area contributed by atoms with Crippen LogP contribution in [0.15, 0.2) is 70.1 Å². The Morgan fingerprint density at radius 3 is 2.71 bits per heavy atom. The maximum Gasteiger partial charge on any atom is 0.333 e. The second-order valence-corrected chi connectivity index (χ2v) is 10.8. The van der Waals surface area contributed by atoms with Crippen LogP contribution in [0.25, 0.3) is 27.5 Å². The van der Waals surface area contributed by atoms with E-state index in [-0.39, 0.29) is 19.9 Å². The minimum atomic E-state index is -4.13. The summed E-state index contributed by atoms with van der Waals surface area (Å²) in [5.74, 6) is -0.798. The normalized spacial score (nSPS) is 11.7. The van der Waals surface area contributed by atoms with E-state index in [1.807, 2.05) is 4.72 Å². The van der Waals surface area contributed by atoms with Gasteiger partial charge in [-0.15, -0.1) is 11.3 Å². The zero-order valence-electron chi connectivity index (χ0n) is 16.9. The molecule has 9 nitrogen and oxygen atoms in total. The van der Waals surface area contributed by atoms with Crippen molar-refractivity contribution in [1.82, 2.24) is 19.3 Å². The van der Waals surface area contributed by atoms with Crippen LogP contribution in [0.2, 0.25) is 4.34 Å². The van der Waals surface area contributed by atoms with E-state index in [2.05, 4.69) is 15.3 Å². The molecule has 0 aliphatic carbocycles. The fourth-order valence-corrected chi connectivity index (χ4v) is 5.80. The highest BCUT2D eigenvalue weighted by Crippen LogP contribution is 2.25. The molecule has 0 aliphatic heterocycles. The van der Waals surface area contributed by atoms with E-state index in [0.717, 1.165) is 27.5 Å². The Kier molecular flexibility index (Phi) is 5.35. The van der Waals surface area contributed by atoms with Gasteiger partial charge in [0.25, 0.3) is 15.6 Å². The number of anilines is 1. The Morgan fingerprint density at radius 2 is 1.97 bits per heavy atom. The number of aromatic amines is 1. The number of H-pyrrole nitrogens is 1. The summed E-state index contributed by atoms with van der Waals surface area (Å²) in [6.07, 6.45) is 2.97. The molecule has 0 spiro atoms. The summed E-state index contributed by atoms with van der Waals surface area (Å²) in [5, 5.41) is 3.29.